The molecule has 2 nitrogen and oxygen atoms in total. The van der Waals surface area contributed by atoms with Crippen LogP contribution >= 0.6 is 0 Å². The fourth-order valence-electron chi connectivity index (χ4n) is 1.17. The van der Waals surface area contributed by atoms with Gasteiger partial charge in [0.2, 0.25) is 0 Å². The molecule has 80 valence electrons. The number of esters is 1. The third-order valence-electron chi connectivity index (χ3n) is 2.12. The first-order chi connectivity index (χ1) is 7.15. The predicted octanol–water partition coefficient (Wildman–Crippen LogP) is 2.71. The third-order valence-corrected chi connectivity index (χ3v) is 2.12. The number of carbonyl (C=O) groups excluding carboxylic acids is 1. The van der Waals surface area contributed by atoms with Crippen molar-refractivity contribution < 1.29 is 13.9 Å². The maximum atomic E-state index is 13.1. The van der Waals surface area contributed by atoms with E-state index in [9.17, 15) is 9.18 Å². The molecule has 1 rings (SSSR count). The van der Waals surface area contributed by atoms with Gasteiger partial charge in [-0.05, 0) is 24.1 Å². The van der Waals surface area contributed by atoms with Crippen LogP contribution in [0, 0.1) is 12.7 Å². The van der Waals surface area contributed by atoms with E-state index in [1.54, 1.807) is 31.2 Å². The molecule has 0 radical (unpaired) electrons. The second-order valence-corrected chi connectivity index (χ2v) is 3.14. The summed E-state index contributed by atoms with van der Waals surface area (Å²) in [6, 6.07) is 4.85. The highest BCUT2D eigenvalue weighted by Crippen LogP contribution is 2.13. The molecule has 0 saturated carbocycles. The smallest absolute Gasteiger partial charge is 0.309 e. The van der Waals surface area contributed by atoms with E-state index < -0.39 is 0 Å². The van der Waals surface area contributed by atoms with Crippen molar-refractivity contribution in [2.75, 3.05) is 7.11 Å². The zero-order valence-electron chi connectivity index (χ0n) is 8.79. The maximum absolute atomic E-state index is 13.1. The lowest BCUT2D eigenvalue weighted by molar-refractivity contribution is -0.139. The molecule has 0 heterocycles. The van der Waals surface area contributed by atoms with Gasteiger partial charge >= 0.3 is 5.97 Å². The van der Waals surface area contributed by atoms with E-state index in [1.807, 2.05) is 0 Å². The standard InChI is InChI=1S/C12H13FO2/c1-9-10(5-3-7-11(9)13)6-4-8-12(14)15-2/h3-7H,8H2,1-2H3. The number of carbonyl (C=O) groups is 1. The monoisotopic (exact) mass is 208 g/mol. The third kappa shape index (κ3) is 3.20. The number of methoxy groups -OCH3 is 1. The SMILES string of the molecule is COC(=O)CC=Cc1cccc(F)c1C. The quantitative estimate of drug-likeness (QED) is 0.714. The number of ether oxygens (including phenoxy) is 1. The fraction of sp³-hybridized carbons (Fsp3) is 0.250. The molecule has 0 aliphatic rings. The van der Waals surface area contributed by atoms with Gasteiger partial charge in [-0.3, -0.25) is 4.79 Å². The van der Waals surface area contributed by atoms with Crippen LogP contribution in [0.3, 0.4) is 0 Å². The fourth-order valence-corrected chi connectivity index (χ4v) is 1.17. The van der Waals surface area contributed by atoms with Crippen LogP contribution in [-0.4, -0.2) is 13.1 Å². The number of hydrogen-bond donors (Lipinski definition) is 0. The van der Waals surface area contributed by atoms with Crippen LogP contribution in [0.5, 0.6) is 0 Å². The molecule has 0 aliphatic carbocycles. The minimum atomic E-state index is -0.305. The largest absolute Gasteiger partial charge is 0.469 e. The second-order valence-electron chi connectivity index (χ2n) is 3.14. The highest BCUT2D eigenvalue weighted by molar-refractivity contribution is 5.72. The molecular weight excluding hydrogens is 195 g/mol. The van der Waals surface area contributed by atoms with Gasteiger partial charge in [-0.2, -0.15) is 0 Å². The van der Waals surface area contributed by atoms with Crippen LogP contribution in [0.25, 0.3) is 6.08 Å². The maximum Gasteiger partial charge on any atom is 0.309 e. The van der Waals surface area contributed by atoms with Crippen LogP contribution < -0.4 is 0 Å². The summed E-state index contributed by atoms with van der Waals surface area (Å²) in [5.41, 5.74) is 1.36. The van der Waals surface area contributed by atoms with E-state index in [2.05, 4.69) is 4.74 Å². The van der Waals surface area contributed by atoms with Crippen molar-refractivity contribution in [3.05, 3.63) is 41.2 Å². The summed E-state index contributed by atoms with van der Waals surface area (Å²) in [5.74, 6) is -0.546. The molecule has 0 amide bonds. The lowest BCUT2D eigenvalue weighted by Crippen LogP contribution is -1.96. The zero-order chi connectivity index (χ0) is 11.3. The molecule has 15 heavy (non-hydrogen) atoms. The van der Waals surface area contributed by atoms with Crippen molar-refractivity contribution in [3.63, 3.8) is 0 Å². The summed E-state index contributed by atoms with van der Waals surface area (Å²) in [7, 11) is 1.34. The Morgan fingerprint density at radius 1 is 1.53 bits per heavy atom. The molecule has 0 bridgehead atoms. The van der Waals surface area contributed by atoms with Gasteiger partial charge in [0.15, 0.2) is 0 Å². The molecule has 0 atom stereocenters. The molecule has 0 aromatic heterocycles. The summed E-state index contributed by atoms with van der Waals surface area (Å²) in [6.45, 7) is 1.70. The average Bonchev–Trinajstić information content (AvgIpc) is 2.24. The van der Waals surface area contributed by atoms with Crippen LogP contribution in [0.2, 0.25) is 0 Å². The van der Waals surface area contributed by atoms with Crippen molar-refractivity contribution >= 4 is 12.0 Å². The van der Waals surface area contributed by atoms with Gasteiger partial charge in [-0.15, -0.1) is 0 Å². The Bertz CT molecular complexity index is 383. The summed E-state index contributed by atoms with van der Waals surface area (Å²) < 4.78 is 17.6. The summed E-state index contributed by atoms with van der Waals surface area (Å²) in [4.78, 5) is 10.8. The first-order valence-electron chi connectivity index (χ1n) is 4.63. The van der Waals surface area contributed by atoms with Crippen LogP contribution in [-0.2, 0) is 9.53 Å². The Morgan fingerprint density at radius 3 is 2.93 bits per heavy atom. The highest BCUT2D eigenvalue weighted by Gasteiger charge is 2.00. The summed E-state index contributed by atoms with van der Waals surface area (Å²) in [5, 5.41) is 0. The van der Waals surface area contributed by atoms with E-state index in [1.165, 1.54) is 13.2 Å². The van der Waals surface area contributed by atoms with Crippen LogP contribution in [0.15, 0.2) is 24.3 Å². The number of hydrogen-bond acceptors (Lipinski definition) is 2. The Labute approximate surface area is 88.4 Å². The molecule has 0 unspecified atom stereocenters. The number of rotatable bonds is 3. The molecule has 0 fully saturated rings. The molecule has 0 spiro atoms. The van der Waals surface area contributed by atoms with Crippen molar-refractivity contribution in [3.8, 4) is 0 Å². The second kappa shape index (κ2) is 5.29. The molecule has 0 saturated heterocycles. The van der Waals surface area contributed by atoms with Crippen molar-refractivity contribution in [1.82, 2.24) is 0 Å². The molecule has 0 aliphatic heterocycles. The Hall–Kier alpha value is -1.64. The highest BCUT2D eigenvalue weighted by atomic mass is 19.1. The lowest BCUT2D eigenvalue weighted by Gasteiger charge is -2.00. The molecular formula is C12H13FO2. The molecule has 1 aromatic carbocycles. The Balaban J connectivity index is 2.72. The lowest BCUT2D eigenvalue weighted by atomic mass is 10.1. The molecule has 1 aromatic rings. The average molecular weight is 208 g/mol. The summed E-state index contributed by atoms with van der Waals surface area (Å²) >= 11 is 0. The number of halogens is 1. The van der Waals surface area contributed by atoms with Crippen LogP contribution in [0.1, 0.15) is 17.5 Å². The zero-order valence-corrected chi connectivity index (χ0v) is 8.79. The van der Waals surface area contributed by atoms with E-state index in [-0.39, 0.29) is 18.2 Å². The number of benzene rings is 1. The minimum Gasteiger partial charge on any atom is -0.469 e. The minimum absolute atomic E-state index is 0.201. The van der Waals surface area contributed by atoms with Crippen molar-refractivity contribution in [1.29, 1.82) is 0 Å². The van der Waals surface area contributed by atoms with Crippen molar-refractivity contribution in [2.45, 2.75) is 13.3 Å². The van der Waals surface area contributed by atoms with Gasteiger partial charge in [-0.25, -0.2) is 4.39 Å². The molecule has 0 N–H and O–H groups in total. The van der Waals surface area contributed by atoms with E-state index in [4.69, 9.17) is 0 Å². The van der Waals surface area contributed by atoms with Gasteiger partial charge in [0.1, 0.15) is 5.82 Å². The Kier molecular flexibility index (Phi) is 4.03. The Morgan fingerprint density at radius 2 is 2.27 bits per heavy atom. The van der Waals surface area contributed by atoms with Gasteiger partial charge in [0.25, 0.3) is 0 Å². The van der Waals surface area contributed by atoms with E-state index in [0.717, 1.165) is 5.56 Å². The molecule has 3 heteroatoms. The predicted molar refractivity (Wildman–Crippen MR) is 56.8 cm³/mol. The normalized spacial score (nSPS) is 10.6. The van der Waals surface area contributed by atoms with Gasteiger partial charge in [-0.1, -0.05) is 24.3 Å². The van der Waals surface area contributed by atoms with Gasteiger partial charge < -0.3 is 4.74 Å². The summed E-state index contributed by atoms with van der Waals surface area (Å²) in [6.07, 6.45) is 3.58. The first kappa shape index (κ1) is 11.4. The first-order valence-corrected chi connectivity index (χ1v) is 4.63. The van der Waals surface area contributed by atoms with E-state index >= 15 is 0 Å². The topological polar surface area (TPSA) is 26.3 Å². The van der Waals surface area contributed by atoms with Gasteiger partial charge in [0.05, 0.1) is 13.5 Å². The van der Waals surface area contributed by atoms with Crippen molar-refractivity contribution in [2.24, 2.45) is 0 Å². The van der Waals surface area contributed by atoms with Gasteiger partial charge in [0, 0.05) is 0 Å². The van der Waals surface area contributed by atoms with E-state index in [0.29, 0.717) is 5.56 Å². The van der Waals surface area contributed by atoms with Crippen LogP contribution in [0.4, 0.5) is 4.39 Å².